The number of likely N-dealkylation sites (tertiary alicyclic amines) is 1. The molecule has 9 heteroatoms. The summed E-state index contributed by atoms with van der Waals surface area (Å²) in [5.41, 5.74) is 8.27. The van der Waals surface area contributed by atoms with Crippen LogP contribution in [0.1, 0.15) is 43.5 Å². The quantitative estimate of drug-likeness (QED) is 0.527. The highest BCUT2D eigenvalue weighted by Gasteiger charge is 2.76. The molecule has 33 heavy (non-hydrogen) atoms. The number of rotatable bonds is 4. The Balaban J connectivity index is 1.09. The predicted octanol–water partition coefficient (Wildman–Crippen LogP) is 2.85. The zero-order valence-electron chi connectivity index (χ0n) is 18.7. The van der Waals surface area contributed by atoms with E-state index in [1.54, 1.807) is 0 Å². The van der Waals surface area contributed by atoms with Gasteiger partial charge in [0.25, 0.3) is 0 Å². The van der Waals surface area contributed by atoms with E-state index in [2.05, 4.69) is 27.0 Å². The molecule has 3 N–H and O–H groups in total. The summed E-state index contributed by atoms with van der Waals surface area (Å²) in [7, 11) is 0. The van der Waals surface area contributed by atoms with Crippen molar-refractivity contribution in [1.82, 2.24) is 19.7 Å². The fourth-order valence-electron chi connectivity index (χ4n) is 6.69. The molecule has 2 saturated carbocycles. The van der Waals surface area contributed by atoms with Crippen LogP contribution in [-0.4, -0.2) is 50.6 Å². The van der Waals surface area contributed by atoms with Crippen molar-refractivity contribution in [3.8, 4) is 11.5 Å². The van der Waals surface area contributed by atoms with Gasteiger partial charge in [-0.05, 0) is 61.3 Å². The van der Waals surface area contributed by atoms with Gasteiger partial charge in [-0.25, -0.2) is 4.68 Å². The van der Waals surface area contributed by atoms with E-state index in [-0.39, 0.29) is 5.92 Å². The molecular weight excluding hydrogens is 436 g/mol. The normalized spacial score (nSPS) is 33.1. The maximum atomic E-state index is 5.85. The highest BCUT2D eigenvalue weighted by atomic mass is 32.1. The molecule has 0 amide bonds. The van der Waals surface area contributed by atoms with Crippen LogP contribution in [0.4, 0.5) is 5.95 Å². The number of aryl methyl sites for hydroxylation is 1. The lowest BCUT2D eigenvalue weighted by Gasteiger charge is -2.38. The van der Waals surface area contributed by atoms with Crippen molar-refractivity contribution in [2.45, 2.75) is 44.7 Å². The molecule has 1 saturated heterocycles. The van der Waals surface area contributed by atoms with E-state index in [0.29, 0.717) is 30.1 Å². The van der Waals surface area contributed by atoms with Gasteiger partial charge in [0.15, 0.2) is 11.5 Å². The third kappa shape index (κ3) is 2.90. The lowest BCUT2D eigenvalue weighted by Crippen LogP contribution is -2.47. The first-order chi connectivity index (χ1) is 16.0. The number of aromatic nitrogens is 3. The van der Waals surface area contributed by atoms with Crippen LogP contribution in [0.5, 0.6) is 11.5 Å². The van der Waals surface area contributed by atoms with E-state index < -0.39 is 0 Å². The number of thiocarbonyl (C=S) groups is 1. The number of nitrogens with zero attached hydrogens (tertiary/aromatic N) is 4. The van der Waals surface area contributed by atoms with E-state index in [1.807, 2.05) is 19.1 Å². The van der Waals surface area contributed by atoms with Gasteiger partial charge in [0.2, 0.25) is 12.7 Å². The molecule has 3 aliphatic heterocycles. The fourth-order valence-corrected chi connectivity index (χ4v) is 7.02. The number of anilines is 1. The van der Waals surface area contributed by atoms with Gasteiger partial charge in [0.05, 0.1) is 0 Å². The first kappa shape index (κ1) is 19.6. The van der Waals surface area contributed by atoms with Gasteiger partial charge in [0.1, 0.15) is 10.8 Å². The third-order valence-electron chi connectivity index (χ3n) is 8.32. The molecular formula is C24H28N6O2S. The van der Waals surface area contributed by atoms with Crippen molar-refractivity contribution in [2.24, 2.45) is 23.0 Å². The fraction of sp³-hybridized carbons (Fsp3) is 0.542. The maximum absolute atomic E-state index is 5.85. The van der Waals surface area contributed by atoms with Crippen LogP contribution in [0.3, 0.4) is 0 Å². The summed E-state index contributed by atoms with van der Waals surface area (Å²) in [5, 5.41) is 8.56. The van der Waals surface area contributed by atoms with Crippen molar-refractivity contribution in [2.75, 3.05) is 25.2 Å². The molecule has 2 aromatic rings. The Bertz CT molecular complexity index is 1190. The predicted molar refractivity (Wildman–Crippen MR) is 127 cm³/mol. The SMILES string of the molecule is CC(N)=CC(=S)N1C[C@H]2[C@H](Nc3nc4n(n3)CCCC4c3ccc4c(c3)OCO4)C3CC32C1. The second-order valence-corrected chi connectivity index (χ2v) is 10.7. The summed E-state index contributed by atoms with van der Waals surface area (Å²) < 4.78 is 13.2. The minimum absolute atomic E-state index is 0.225. The third-order valence-corrected chi connectivity index (χ3v) is 8.69. The van der Waals surface area contributed by atoms with E-state index >= 15 is 0 Å². The lowest BCUT2D eigenvalue weighted by molar-refractivity contribution is 0.174. The Kier molecular flexibility index (Phi) is 4.08. The monoisotopic (exact) mass is 464 g/mol. The number of benzene rings is 1. The topological polar surface area (TPSA) is 90.5 Å². The Labute approximate surface area is 198 Å². The summed E-state index contributed by atoms with van der Waals surface area (Å²) >= 11 is 5.61. The van der Waals surface area contributed by atoms with Crippen molar-refractivity contribution in [3.63, 3.8) is 0 Å². The minimum Gasteiger partial charge on any atom is -0.454 e. The Morgan fingerprint density at radius 1 is 1.30 bits per heavy atom. The van der Waals surface area contributed by atoms with E-state index in [4.69, 9.17) is 37.5 Å². The molecule has 1 spiro atoms. The van der Waals surface area contributed by atoms with Crippen molar-refractivity contribution < 1.29 is 9.47 Å². The molecule has 1 aromatic carbocycles. The smallest absolute Gasteiger partial charge is 0.242 e. The van der Waals surface area contributed by atoms with Crippen molar-refractivity contribution >= 4 is 23.2 Å². The molecule has 4 heterocycles. The number of fused-ring (bicyclic) bond motifs is 2. The molecule has 0 bridgehead atoms. The Morgan fingerprint density at radius 2 is 2.18 bits per heavy atom. The molecule has 7 rings (SSSR count). The molecule has 3 unspecified atom stereocenters. The van der Waals surface area contributed by atoms with Gasteiger partial charge < -0.3 is 25.4 Å². The van der Waals surface area contributed by atoms with Gasteiger partial charge in [-0.1, -0.05) is 18.3 Å². The molecule has 1 aromatic heterocycles. The Hall–Kier alpha value is -2.81. The van der Waals surface area contributed by atoms with Gasteiger partial charge in [0, 0.05) is 43.2 Å². The summed E-state index contributed by atoms with van der Waals surface area (Å²) in [6, 6.07) is 6.66. The molecule has 5 atom stereocenters. The van der Waals surface area contributed by atoms with Crippen LogP contribution >= 0.6 is 12.2 Å². The molecule has 5 aliphatic rings. The minimum atomic E-state index is 0.225. The summed E-state index contributed by atoms with van der Waals surface area (Å²) in [4.78, 5) is 8.18. The summed E-state index contributed by atoms with van der Waals surface area (Å²) in [5.74, 6) is 4.97. The van der Waals surface area contributed by atoms with E-state index in [9.17, 15) is 0 Å². The van der Waals surface area contributed by atoms with Crippen LogP contribution in [0.25, 0.3) is 0 Å². The number of nitrogens with one attached hydrogen (secondary N) is 1. The molecule has 3 fully saturated rings. The molecule has 8 nitrogen and oxygen atoms in total. The number of ether oxygens (including phenoxy) is 2. The number of hydrogen-bond donors (Lipinski definition) is 2. The maximum Gasteiger partial charge on any atom is 0.242 e. The van der Waals surface area contributed by atoms with Crippen molar-refractivity contribution in [1.29, 1.82) is 0 Å². The van der Waals surface area contributed by atoms with Crippen LogP contribution in [0.15, 0.2) is 30.0 Å². The zero-order valence-corrected chi connectivity index (χ0v) is 19.5. The Morgan fingerprint density at radius 3 is 3.06 bits per heavy atom. The van der Waals surface area contributed by atoms with E-state index in [1.165, 1.54) is 12.0 Å². The number of hydrogen-bond acceptors (Lipinski definition) is 7. The number of allylic oxidation sites excluding steroid dienone is 1. The second-order valence-electron chi connectivity index (χ2n) is 10.3. The molecule has 0 radical (unpaired) electrons. The average molecular weight is 465 g/mol. The average Bonchev–Trinajstić information content (AvgIpc) is 3.17. The van der Waals surface area contributed by atoms with Gasteiger partial charge in [-0.2, -0.15) is 4.98 Å². The van der Waals surface area contributed by atoms with Gasteiger partial charge >= 0.3 is 0 Å². The summed E-state index contributed by atoms with van der Waals surface area (Å²) in [6.07, 6.45) is 5.34. The molecule has 172 valence electrons. The molecule has 2 aliphatic carbocycles. The van der Waals surface area contributed by atoms with Crippen LogP contribution < -0.4 is 20.5 Å². The second kappa shape index (κ2) is 6.85. The van der Waals surface area contributed by atoms with Crippen LogP contribution in [0, 0.1) is 17.3 Å². The highest BCUT2D eigenvalue weighted by Crippen LogP contribution is 2.74. The largest absolute Gasteiger partial charge is 0.454 e. The first-order valence-electron chi connectivity index (χ1n) is 11.9. The van der Waals surface area contributed by atoms with Crippen LogP contribution in [-0.2, 0) is 6.54 Å². The number of nitrogens with two attached hydrogens (primary N) is 1. The van der Waals surface area contributed by atoms with Crippen LogP contribution in [0.2, 0.25) is 0 Å². The van der Waals surface area contributed by atoms with Crippen molar-refractivity contribution in [3.05, 3.63) is 41.4 Å². The highest BCUT2D eigenvalue weighted by molar-refractivity contribution is 7.80. The van der Waals surface area contributed by atoms with E-state index in [0.717, 1.165) is 66.4 Å². The standard InChI is InChI=1S/C24H28N6O2S/c1-13(25)7-20(33)29-10-17-21(16-9-24(16,17)11-29)26-23-27-22-15(3-2-6-30(22)28-23)14-4-5-18-19(8-14)32-12-31-18/h4-5,7-8,15-17,21H,2-3,6,9-12,25H2,1H3,(H,26,28)/t15?,16?,17-,21+,24?/m0/s1. The zero-order chi connectivity index (χ0) is 22.3. The van der Waals surface area contributed by atoms with Gasteiger partial charge in [-0.3, -0.25) is 0 Å². The summed E-state index contributed by atoms with van der Waals surface area (Å²) in [6.45, 7) is 5.15. The first-order valence-corrected chi connectivity index (χ1v) is 12.3. The van der Waals surface area contributed by atoms with Gasteiger partial charge in [-0.15, -0.1) is 5.10 Å². The lowest BCUT2D eigenvalue weighted by atomic mass is 9.71.